The molecule has 5 nitrogen and oxygen atoms in total. The summed E-state index contributed by atoms with van der Waals surface area (Å²) < 4.78 is 13.0. The molecular formula is C10H12FN5. The van der Waals surface area contributed by atoms with E-state index in [2.05, 4.69) is 9.97 Å². The maximum atomic E-state index is 13.0. The third-order valence-electron chi connectivity index (χ3n) is 2.63. The van der Waals surface area contributed by atoms with Crippen molar-refractivity contribution in [2.24, 2.45) is 0 Å². The first kappa shape index (κ1) is 10.6. The van der Waals surface area contributed by atoms with Gasteiger partial charge in [-0.3, -0.25) is 0 Å². The van der Waals surface area contributed by atoms with E-state index in [0.717, 1.165) is 0 Å². The molecule has 2 N–H and O–H groups in total. The van der Waals surface area contributed by atoms with Crippen LogP contribution in [0.2, 0.25) is 0 Å². The number of nitrogen functional groups attached to an aromatic ring is 1. The Balaban J connectivity index is 2.26. The quantitative estimate of drug-likeness (QED) is 0.761. The van der Waals surface area contributed by atoms with Crippen LogP contribution in [0.1, 0.15) is 18.4 Å². The minimum atomic E-state index is -0.749. The molecule has 0 unspecified atom stereocenters. The molecule has 1 aromatic heterocycles. The van der Waals surface area contributed by atoms with E-state index in [9.17, 15) is 4.39 Å². The number of hydrogen-bond acceptors (Lipinski definition) is 5. The Labute approximate surface area is 92.7 Å². The van der Waals surface area contributed by atoms with Gasteiger partial charge in [0.2, 0.25) is 5.95 Å². The van der Waals surface area contributed by atoms with Crippen molar-refractivity contribution in [3.05, 3.63) is 11.8 Å². The first-order valence-electron chi connectivity index (χ1n) is 5.12. The number of nitriles is 1. The minimum Gasteiger partial charge on any atom is -0.368 e. The summed E-state index contributed by atoms with van der Waals surface area (Å²) in [7, 11) is 0. The summed E-state index contributed by atoms with van der Waals surface area (Å²) >= 11 is 0. The molecule has 1 aliphatic rings. The van der Waals surface area contributed by atoms with Gasteiger partial charge in [0.1, 0.15) is 17.8 Å². The van der Waals surface area contributed by atoms with Crippen LogP contribution in [0.5, 0.6) is 0 Å². The molecule has 1 aromatic rings. The summed E-state index contributed by atoms with van der Waals surface area (Å²) in [6.07, 6.45) is 1.59. The summed E-state index contributed by atoms with van der Waals surface area (Å²) in [6.45, 7) is 1.12. The van der Waals surface area contributed by atoms with Gasteiger partial charge in [-0.2, -0.15) is 10.2 Å². The summed E-state index contributed by atoms with van der Waals surface area (Å²) in [5.41, 5.74) is 5.86. The molecule has 2 rings (SSSR count). The smallest absolute Gasteiger partial charge is 0.222 e. The summed E-state index contributed by atoms with van der Waals surface area (Å²) in [6, 6.07) is 2.02. The second kappa shape index (κ2) is 4.31. The lowest BCUT2D eigenvalue weighted by Gasteiger charge is -2.29. The van der Waals surface area contributed by atoms with Gasteiger partial charge in [0, 0.05) is 13.1 Å². The van der Waals surface area contributed by atoms with Gasteiger partial charge >= 0.3 is 0 Å². The van der Waals surface area contributed by atoms with E-state index in [-0.39, 0.29) is 5.95 Å². The second-order valence-corrected chi connectivity index (χ2v) is 3.74. The van der Waals surface area contributed by atoms with Gasteiger partial charge in [-0.15, -0.1) is 0 Å². The van der Waals surface area contributed by atoms with Gasteiger partial charge in [0.25, 0.3) is 0 Å². The minimum absolute atomic E-state index is 0.136. The van der Waals surface area contributed by atoms with Crippen molar-refractivity contribution in [1.82, 2.24) is 9.97 Å². The number of anilines is 2. The zero-order chi connectivity index (χ0) is 11.5. The molecule has 84 valence electrons. The molecule has 16 heavy (non-hydrogen) atoms. The molecule has 2 heterocycles. The van der Waals surface area contributed by atoms with Crippen LogP contribution in [0.15, 0.2) is 6.20 Å². The van der Waals surface area contributed by atoms with Crippen molar-refractivity contribution in [3.63, 3.8) is 0 Å². The number of hydrogen-bond donors (Lipinski definition) is 1. The predicted molar refractivity (Wildman–Crippen MR) is 57.5 cm³/mol. The van der Waals surface area contributed by atoms with Crippen molar-refractivity contribution in [2.45, 2.75) is 19.0 Å². The largest absolute Gasteiger partial charge is 0.368 e. The molecule has 0 spiro atoms. The number of halogens is 1. The number of aromatic nitrogens is 2. The molecule has 0 amide bonds. The molecule has 0 radical (unpaired) electrons. The maximum Gasteiger partial charge on any atom is 0.222 e. The van der Waals surface area contributed by atoms with Gasteiger partial charge in [-0.25, -0.2) is 9.37 Å². The van der Waals surface area contributed by atoms with Crippen molar-refractivity contribution >= 4 is 11.8 Å². The first-order chi connectivity index (χ1) is 7.70. The molecule has 6 heteroatoms. The number of piperidine rings is 1. The zero-order valence-corrected chi connectivity index (χ0v) is 8.73. The highest BCUT2D eigenvalue weighted by Crippen LogP contribution is 2.22. The van der Waals surface area contributed by atoms with E-state index in [1.165, 1.54) is 6.20 Å². The van der Waals surface area contributed by atoms with E-state index in [0.29, 0.717) is 37.3 Å². The highest BCUT2D eigenvalue weighted by Gasteiger charge is 2.21. The van der Waals surface area contributed by atoms with Crippen LogP contribution < -0.4 is 10.6 Å². The summed E-state index contributed by atoms with van der Waals surface area (Å²) in [5.74, 6) is 0.651. The Kier molecular flexibility index (Phi) is 2.86. The van der Waals surface area contributed by atoms with Gasteiger partial charge < -0.3 is 10.6 Å². The average Bonchev–Trinajstić information content (AvgIpc) is 2.30. The van der Waals surface area contributed by atoms with Crippen molar-refractivity contribution in [2.75, 3.05) is 23.7 Å². The fraction of sp³-hybridized carbons (Fsp3) is 0.500. The SMILES string of the molecule is N#Cc1cnc(N)nc1N1CCC(F)CC1. The van der Waals surface area contributed by atoms with Crippen LogP contribution in [-0.4, -0.2) is 29.2 Å². The highest BCUT2D eigenvalue weighted by atomic mass is 19.1. The molecule has 0 bridgehead atoms. The van der Waals surface area contributed by atoms with Crippen molar-refractivity contribution < 1.29 is 4.39 Å². The van der Waals surface area contributed by atoms with Crippen molar-refractivity contribution in [1.29, 1.82) is 5.26 Å². The Bertz CT molecular complexity index is 420. The molecule has 0 aliphatic carbocycles. The fourth-order valence-electron chi connectivity index (χ4n) is 1.77. The monoisotopic (exact) mass is 221 g/mol. The van der Waals surface area contributed by atoms with Crippen LogP contribution in [-0.2, 0) is 0 Å². The molecule has 1 saturated heterocycles. The molecular weight excluding hydrogens is 209 g/mol. The summed E-state index contributed by atoms with van der Waals surface area (Å²) in [5, 5.41) is 8.92. The van der Waals surface area contributed by atoms with Crippen LogP contribution in [0, 0.1) is 11.3 Å². The number of nitrogens with two attached hydrogens (primary N) is 1. The first-order valence-corrected chi connectivity index (χ1v) is 5.12. The molecule has 0 saturated carbocycles. The Morgan fingerprint density at radius 2 is 2.19 bits per heavy atom. The average molecular weight is 221 g/mol. The van der Waals surface area contributed by atoms with Crippen LogP contribution in [0.3, 0.4) is 0 Å². The number of nitrogens with zero attached hydrogens (tertiary/aromatic N) is 4. The number of alkyl halides is 1. The fourth-order valence-corrected chi connectivity index (χ4v) is 1.77. The Hall–Kier alpha value is -1.90. The van der Waals surface area contributed by atoms with E-state index in [1.54, 1.807) is 0 Å². The highest BCUT2D eigenvalue weighted by molar-refractivity contribution is 5.54. The van der Waals surface area contributed by atoms with Crippen LogP contribution >= 0.6 is 0 Å². The second-order valence-electron chi connectivity index (χ2n) is 3.74. The standard InChI is InChI=1S/C10H12FN5/c11-8-1-3-16(4-2-8)9-7(5-12)6-14-10(13)15-9/h6,8H,1-4H2,(H2,13,14,15). The lowest BCUT2D eigenvalue weighted by Crippen LogP contribution is -2.35. The third kappa shape index (κ3) is 2.03. The number of rotatable bonds is 1. The van der Waals surface area contributed by atoms with Crippen molar-refractivity contribution in [3.8, 4) is 6.07 Å². The van der Waals surface area contributed by atoms with Gasteiger partial charge in [-0.1, -0.05) is 0 Å². The molecule has 1 fully saturated rings. The van der Waals surface area contributed by atoms with E-state index in [1.807, 2.05) is 11.0 Å². The van der Waals surface area contributed by atoms with Gasteiger partial charge in [-0.05, 0) is 12.8 Å². The normalized spacial score (nSPS) is 17.1. The lowest BCUT2D eigenvalue weighted by molar-refractivity contribution is 0.276. The van der Waals surface area contributed by atoms with Gasteiger partial charge in [0.15, 0.2) is 5.82 Å². The lowest BCUT2D eigenvalue weighted by atomic mass is 10.1. The van der Waals surface area contributed by atoms with E-state index < -0.39 is 6.17 Å². The summed E-state index contributed by atoms with van der Waals surface area (Å²) in [4.78, 5) is 9.69. The molecule has 0 aromatic carbocycles. The maximum absolute atomic E-state index is 13.0. The predicted octanol–water partition coefficient (Wildman–Crippen LogP) is 0.869. The molecule has 1 aliphatic heterocycles. The zero-order valence-electron chi connectivity index (χ0n) is 8.73. The Morgan fingerprint density at radius 3 is 2.81 bits per heavy atom. The van der Waals surface area contributed by atoms with Crippen LogP contribution in [0.4, 0.5) is 16.2 Å². The van der Waals surface area contributed by atoms with Crippen LogP contribution in [0.25, 0.3) is 0 Å². The van der Waals surface area contributed by atoms with E-state index in [4.69, 9.17) is 11.0 Å². The third-order valence-corrected chi connectivity index (χ3v) is 2.63. The van der Waals surface area contributed by atoms with Gasteiger partial charge in [0.05, 0.1) is 6.20 Å². The molecule has 0 atom stereocenters. The topological polar surface area (TPSA) is 78.8 Å². The van der Waals surface area contributed by atoms with E-state index >= 15 is 0 Å². The Morgan fingerprint density at radius 1 is 1.50 bits per heavy atom.